The van der Waals surface area contributed by atoms with Gasteiger partial charge < -0.3 is 0 Å². The van der Waals surface area contributed by atoms with E-state index < -0.39 is 10.0 Å². The summed E-state index contributed by atoms with van der Waals surface area (Å²) in [7, 11) is -3.93. The summed E-state index contributed by atoms with van der Waals surface area (Å²) in [5.74, 6) is 0. The molecule has 1 N–H and O–H groups in total. The molecule has 4 nitrogen and oxygen atoms in total. The summed E-state index contributed by atoms with van der Waals surface area (Å²) >= 11 is 11.9. The van der Waals surface area contributed by atoms with E-state index in [1.54, 1.807) is 18.2 Å². The Bertz CT molecular complexity index is 843. The molecule has 0 unspecified atom stereocenters. The fraction of sp³-hybridized carbons (Fsp3) is 0.0714. The van der Waals surface area contributed by atoms with Crippen molar-refractivity contribution in [1.29, 1.82) is 5.26 Å². The molecule has 0 saturated heterocycles. The lowest BCUT2D eigenvalue weighted by Gasteiger charge is -2.11. The average molecular weight is 341 g/mol. The molecule has 0 saturated carbocycles. The minimum atomic E-state index is -3.93. The van der Waals surface area contributed by atoms with Crippen LogP contribution < -0.4 is 4.72 Å². The van der Waals surface area contributed by atoms with Crippen LogP contribution in [0, 0.1) is 18.3 Å². The first-order chi connectivity index (χ1) is 9.83. The third-order valence-electron chi connectivity index (χ3n) is 2.72. The molecule has 0 fully saturated rings. The molecule has 0 bridgehead atoms. The molecule has 7 heteroatoms. The van der Waals surface area contributed by atoms with Gasteiger partial charge >= 0.3 is 0 Å². The average Bonchev–Trinajstić information content (AvgIpc) is 2.42. The van der Waals surface area contributed by atoms with E-state index in [9.17, 15) is 8.42 Å². The number of halogens is 2. The van der Waals surface area contributed by atoms with Crippen LogP contribution in [0.2, 0.25) is 10.0 Å². The third kappa shape index (κ3) is 3.48. The number of nitrogens with zero attached hydrogens (tertiary/aromatic N) is 1. The molecular weight excluding hydrogens is 331 g/mol. The maximum atomic E-state index is 12.4. The minimum absolute atomic E-state index is 0.0322. The number of rotatable bonds is 3. The van der Waals surface area contributed by atoms with E-state index in [-0.39, 0.29) is 26.2 Å². The van der Waals surface area contributed by atoms with Gasteiger partial charge in [-0.15, -0.1) is 0 Å². The Labute approximate surface area is 133 Å². The SMILES string of the molecule is Cc1ccc(NS(=O)(=O)c2cc(C#N)ccc2Cl)c(Cl)c1. The zero-order valence-corrected chi connectivity index (χ0v) is 13.2. The summed E-state index contributed by atoms with van der Waals surface area (Å²) in [6, 6.07) is 10.8. The molecule has 108 valence electrons. The highest BCUT2D eigenvalue weighted by atomic mass is 35.5. The highest BCUT2D eigenvalue weighted by Gasteiger charge is 2.20. The van der Waals surface area contributed by atoms with Gasteiger partial charge in [0.05, 0.1) is 27.4 Å². The molecule has 0 spiro atoms. The molecule has 0 aliphatic heterocycles. The third-order valence-corrected chi connectivity index (χ3v) is 4.88. The van der Waals surface area contributed by atoms with Crippen LogP contribution in [0.25, 0.3) is 0 Å². The van der Waals surface area contributed by atoms with Gasteiger partial charge in [0.1, 0.15) is 4.90 Å². The summed E-state index contributed by atoms with van der Waals surface area (Å²) < 4.78 is 27.1. The van der Waals surface area contributed by atoms with E-state index in [4.69, 9.17) is 28.5 Å². The molecule has 2 aromatic carbocycles. The maximum absolute atomic E-state index is 12.4. The van der Waals surface area contributed by atoms with E-state index >= 15 is 0 Å². The Morgan fingerprint density at radius 1 is 1.10 bits per heavy atom. The van der Waals surface area contributed by atoms with Gasteiger partial charge in [-0.2, -0.15) is 5.26 Å². The standard InChI is InChI=1S/C14H10Cl2N2O2S/c1-9-2-5-13(12(16)6-9)18-21(19,20)14-7-10(8-17)3-4-11(14)15/h2-7,18H,1H3. The summed E-state index contributed by atoms with van der Waals surface area (Å²) in [5.41, 5.74) is 1.36. The van der Waals surface area contributed by atoms with Crippen LogP contribution in [-0.2, 0) is 10.0 Å². The van der Waals surface area contributed by atoms with Gasteiger partial charge in [0.2, 0.25) is 0 Å². The van der Waals surface area contributed by atoms with Crippen LogP contribution in [0.5, 0.6) is 0 Å². The van der Waals surface area contributed by atoms with Crippen molar-refractivity contribution in [3.05, 3.63) is 57.6 Å². The van der Waals surface area contributed by atoms with Crippen LogP contribution in [0.1, 0.15) is 11.1 Å². The number of nitrogens with one attached hydrogen (secondary N) is 1. The van der Waals surface area contributed by atoms with Crippen LogP contribution >= 0.6 is 23.2 Å². The number of anilines is 1. The van der Waals surface area contributed by atoms with E-state index in [1.807, 2.05) is 13.0 Å². The fourth-order valence-electron chi connectivity index (χ4n) is 1.68. The lowest BCUT2D eigenvalue weighted by atomic mass is 10.2. The lowest BCUT2D eigenvalue weighted by molar-refractivity contribution is 0.601. The molecule has 0 radical (unpaired) electrons. The summed E-state index contributed by atoms with van der Waals surface area (Å²) in [6.07, 6.45) is 0. The van der Waals surface area contributed by atoms with Crippen molar-refractivity contribution < 1.29 is 8.42 Å². The molecule has 0 aliphatic carbocycles. The zero-order valence-electron chi connectivity index (χ0n) is 10.9. The highest BCUT2D eigenvalue weighted by molar-refractivity contribution is 7.92. The highest BCUT2D eigenvalue weighted by Crippen LogP contribution is 2.28. The van der Waals surface area contributed by atoms with E-state index in [0.29, 0.717) is 0 Å². The van der Waals surface area contributed by atoms with E-state index in [1.165, 1.54) is 18.2 Å². The largest absolute Gasteiger partial charge is 0.278 e. The number of aryl methyl sites for hydroxylation is 1. The van der Waals surface area contributed by atoms with Gasteiger partial charge in [-0.1, -0.05) is 29.3 Å². The van der Waals surface area contributed by atoms with Crippen LogP contribution in [0.3, 0.4) is 0 Å². The number of hydrogen-bond acceptors (Lipinski definition) is 3. The Balaban J connectivity index is 2.46. The Hall–Kier alpha value is -1.74. The monoisotopic (exact) mass is 340 g/mol. The number of hydrogen-bond donors (Lipinski definition) is 1. The second kappa shape index (κ2) is 5.94. The Kier molecular flexibility index (Phi) is 4.43. The first-order valence-corrected chi connectivity index (χ1v) is 8.06. The molecule has 0 atom stereocenters. The number of sulfonamides is 1. The van der Waals surface area contributed by atoms with Crippen molar-refractivity contribution >= 4 is 38.9 Å². The molecule has 0 heterocycles. The first-order valence-electron chi connectivity index (χ1n) is 5.82. The van der Waals surface area contributed by atoms with Gasteiger partial charge in [0.25, 0.3) is 10.0 Å². The van der Waals surface area contributed by atoms with Crippen molar-refractivity contribution in [2.45, 2.75) is 11.8 Å². The Morgan fingerprint density at radius 3 is 2.43 bits per heavy atom. The predicted octanol–water partition coefficient (Wildman–Crippen LogP) is 3.97. The van der Waals surface area contributed by atoms with Crippen molar-refractivity contribution in [2.24, 2.45) is 0 Å². The van der Waals surface area contributed by atoms with Gasteiger partial charge in [0.15, 0.2) is 0 Å². The van der Waals surface area contributed by atoms with Gasteiger partial charge in [0, 0.05) is 0 Å². The van der Waals surface area contributed by atoms with Gasteiger partial charge in [-0.25, -0.2) is 8.42 Å². The predicted molar refractivity (Wildman–Crippen MR) is 83.2 cm³/mol. The number of nitriles is 1. The van der Waals surface area contributed by atoms with Crippen LogP contribution in [0.15, 0.2) is 41.3 Å². The number of benzene rings is 2. The molecule has 0 aromatic heterocycles. The lowest BCUT2D eigenvalue weighted by Crippen LogP contribution is -2.14. The second-order valence-corrected chi connectivity index (χ2v) is 6.81. The molecule has 2 aromatic rings. The van der Waals surface area contributed by atoms with Crippen molar-refractivity contribution in [2.75, 3.05) is 4.72 Å². The van der Waals surface area contributed by atoms with Crippen molar-refractivity contribution in [3.8, 4) is 6.07 Å². The maximum Gasteiger partial charge on any atom is 0.263 e. The molecule has 21 heavy (non-hydrogen) atoms. The zero-order chi connectivity index (χ0) is 15.6. The summed E-state index contributed by atoms with van der Waals surface area (Å²) in [5, 5.41) is 9.17. The molecule has 0 amide bonds. The molecule has 2 rings (SSSR count). The normalized spacial score (nSPS) is 11.0. The topological polar surface area (TPSA) is 70.0 Å². The van der Waals surface area contributed by atoms with E-state index in [2.05, 4.69) is 4.72 Å². The smallest absolute Gasteiger partial charge is 0.263 e. The second-order valence-electron chi connectivity index (χ2n) is 4.35. The van der Waals surface area contributed by atoms with Crippen molar-refractivity contribution in [1.82, 2.24) is 0 Å². The minimum Gasteiger partial charge on any atom is -0.278 e. The molecule has 0 aliphatic rings. The summed E-state index contributed by atoms with van der Waals surface area (Å²) in [6.45, 7) is 1.84. The van der Waals surface area contributed by atoms with Gasteiger partial charge in [-0.3, -0.25) is 4.72 Å². The van der Waals surface area contributed by atoms with Crippen LogP contribution in [0.4, 0.5) is 5.69 Å². The van der Waals surface area contributed by atoms with Crippen molar-refractivity contribution in [3.63, 3.8) is 0 Å². The van der Waals surface area contributed by atoms with Gasteiger partial charge in [-0.05, 0) is 42.8 Å². The summed E-state index contributed by atoms with van der Waals surface area (Å²) in [4.78, 5) is -0.167. The fourth-order valence-corrected chi connectivity index (χ4v) is 3.63. The van der Waals surface area contributed by atoms with E-state index in [0.717, 1.165) is 5.56 Å². The van der Waals surface area contributed by atoms with Crippen LogP contribution in [-0.4, -0.2) is 8.42 Å². The molecular formula is C14H10Cl2N2O2S. The quantitative estimate of drug-likeness (QED) is 0.918. The first kappa shape index (κ1) is 15.6. The Morgan fingerprint density at radius 2 is 1.81 bits per heavy atom.